The largest absolute Gasteiger partial charge is 0.465 e. The lowest BCUT2D eigenvalue weighted by atomic mass is 9.99. The predicted octanol–water partition coefficient (Wildman–Crippen LogP) is 5.41. The minimum atomic E-state index is -0.487. The van der Waals surface area contributed by atoms with Crippen LogP contribution in [0.25, 0.3) is 0 Å². The highest BCUT2D eigenvalue weighted by atomic mass is 35.5. The number of hydrogen-bond acceptors (Lipinski definition) is 4. The number of nitrogens with zero attached hydrogens (tertiary/aromatic N) is 1. The van der Waals surface area contributed by atoms with E-state index < -0.39 is 5.97 Å². The summed E-state index contributed by atoms with van der Waals surface area (Å²) in [4.78, 5) is 14.3. The monoisotopic (exact) mass is 445 g/mol. The molecule has 1 saturated heterocycles. The Kier molecular flexibility index (Phi) is 7.56. The van der Waals surface area contributed by atoms with Crippen molar-refractivity contribution in [1.82, 2.24) is 5.32 Å². The first-order chi connectivity index (χ1) is 14.4. The van der Waals surface area contributed by atoms with Crippen LogP contribution in [0.4, 0.5) is 11.4 Å². The van der Waals surface area contributed by atoms with Gasteiger partial charge in [-0.05, 0) is 73.8 Å². The first kappa shape index (κ1) is 22.4. The van der Waals surface area contributed by atoms with Gasteiger partial charge in [0.05, 0.1) is 23.7 Å². The Morgan fingerprint density at radius 2 is 2.00 bits per heavy atom. The van der Waals surface area contributed by atoms with Gasteiger partial charge < -0.3 is 20.3 Å². The molecule has 1 heterocycles. The van der Waals surface area contributed by atoms with Crippen LogP contribution in [0.15, 0.2) is 42.5 Å². The van der Waals surface area contributed by atoms with E-state index in [9.17, 15) is 4.79 Å². The lowest BCUT2D eigenvalue weighted by Gasteiger charge is -2.33. The van der Waals surface area contributed by atoms with Crippen LogP contribution in [-0.2, 0) is 4.74 Å². The number of nitrogens with one attached hydrogen (secondary N) is 2. The van der Waals surface area contributed by atoms with Gasteiger partial charge in [0, 0.05) is 24.5 Å². The maximum Gasteiger partial charge on any atom is 0.339 e. The van der Waals surface area contributed by atoms with Crippen molar-refractivity contribution in [2.45, 2.75) is 32.7 Å². The molecular formula is C23H28ClN3O2S. The summed E-state index contributed by atoms with van der Waals surface area (Å²) >= 11 is 11.5. The third-order valence-electron chi connectivity index (χ3n) is 5.39. The number of piperidine rings is 1. The summed E-state index contributed by atoms with van der Waals surface area (Å²) in [7, 11) is 1.32. The number of hydrogen-bond donors (Lipinski definition) is 2. The summed E-state index contributed by atoms with van der Waals surface area (Å²) in [6, 6.07) is 13.7. The van der Waals surface area contributed by atoms with Crippen molar-refractivity contribution in [3.63, 3.8) is 0 Å². The highest BCUT2D eigenvalue weighted by Crippen LogP contribution is 2.25. The number of halogens is 1. The van der Waals surface area contributed by atoms with E-state index in [1.54, 1.807) is 18.2 Å². The molecule has 2 atom stereocenters. The number of benzene rings is 2. The highest BCUT2D eigenvalue weighted by Gasteiger charge is 2.17. The molecule has 0 radical (unpaired) electrons. The van der Waals surface area contributed by atoms with E-state index in [0.717, 1.165) is 24.6 Å². The molecule has 1 aliphatic heterocycles. The van der Waals surface area contributed by atoms with Gasteiger partial charge >= 0.3 is 5.97 Å². The Balaban J connectivity index is 1.60. The van der Waals surface area contributed by atoms with Crippen LogP contribution in [0, 0.1) is 5.92 Å². The van der Waals surface area contributed by atoms with Gasteiger partial charge in [0.15, 0.2) is 5.11 Å². The molecular weight excluding hydrogens is 418 g/mol. The first-order valence-electron chi connectivity index (χ1n) is 10.2. The molecule has 1 aliphatic rings. The zero-order chi connectivity index (χ0) is 21.7. The Hall–Kier alpha value is -2.31. The summed E-state index contributed by atoms with van der Waals surface area (Å²) in [5.74, 6) is 0.258. The van der Waals surface area contributed by atoms with Crippen molar-refractivity contribution in [2.24, 2.45) is 5.92 Å². The van der Waals surface area contributed by atoms with Gasteiger partial charge in [0.25, 0.3) is 0 Å². The van der Waals surface area contributed by atoms with E-state index in [1.807, 2.05) is 0 Å². The first-order valence-corrected chi connectivity index (χ1v) is 11.0. The molecule has 160 valence electrons. The van der Waals surface area contributed by atoms with E-state index in [0.29, 0.717) is 21.4 Å². The van der Waals surface area contributed by atoms with Gasteiger partial charge in [-0.2, -0.15) is 0 Å². The molecule has 2 aromatic rings. The Labute approximate surface area is 188 Å². The van der Waals surface area contributed by atoms with Crippen LogP contribution in [0.3, 0.4) is 0 Å². The van der Waals surface area contributed by atoms with Crippen LogP contribution in [0.2, 0.25) is 5.02 Å². The van der Waals surface area contributed by atoms with E-state index in [2.05, 4.69) is 53.6 Å². The second kappa shape index (κ2) is 10.1. The van der Waals surface area contributed by atoms with Gasteiger partial charge in [-0.1, -0.05) is 30.7 Å². The molecule has 5 nitrogen and oxygen atoms in total. The smallest absolute Gasteiger partial charge is 0.339 e. The fourth-order valence-electron chi connectivity index (χ4n) is 3.71. The molecule has 0 bridgehead atoms. The minimum Gasteiger partial charge on any atom is -0.465 e. The average molecular weight is 446 g/mol. The van der Waals surface area contributed by atoms with Gasteiger partial charge in [-0.15, -0.1) is 0 Å². The van der Waals surface area contributed by atoms with Gasteiger partial charge in [-0.25, -0.2) is 4.79 Å². The summed E-state index contributed by atoms with van der Waals surface area (Å²) in [5.41, 5.74) is 3.38. The van der Waals surface area contributed by atoms with Crippen molar-refractivity contribution in [3.8, 4) is 0 Å². The fraction of sp³-hybridized carbons (Fsp3) is 0.391. The quantitative estimate of drug-likeness (QED) is 0.474. The Bertz CT molecular complexity index is 904. The third-order valence-corrected chi connectivity index (χ3v) is 5.94. The van der Waals surface area contributed by atoms with E-state index in [-0.39, 0.29) is 6.04 Å². The molecule has 7 heteroatoms. The van der Waals surface area contributed by atoms with Crippen LogP contribution in [0.5, 0.6) is 0 Å². The third kappa shape index (κ3) is 5.64. The number of ether oxygens (including phenoxy) is 1. The standard InChI is InChI=1S/C23H28ClN3O2S/c1-15-5-4-12-27(14-15)19-9-6-17(7-10-19)16(2)25-23(30)26-18-8-11-21(24)20(13-18)22(28)29-3/h6-11,13,15-16H,4-5,12,14H2,1-3H3,(H2,25,26,30). The van der Waals surface area contributed by atoms with E-state index in [4.69, 9.17) is 28.6 Å². The highest BCUT2D eigenvalue weighted by molar-refractivity contribution is 7.80. The molecule has 0 saturated carbocycles. The van der Waals surface area contributed by atoms with E-state index >= 15 is 0 Å². The summed E-state index contributed by atoms with van der Waals surface area (Å²) in [5, 5.41) is 7.19. The molecule has 2 N–H and O–H groups in total. The molecule has 1 fully saturated rings. The fourth-order valence-corrected chi connectivity index (χ4v) is 4.20. The molecule has 0 aromatic heterocycles. The molecule has 0 amide bonds. The van der Waals surface area contributed by atoms with E-state index in [1.165, 1.54) is 25.6 Å². The van der Waals surface area contributed by atoms with Crippen LogP contribution < -0.4 is 15.5 Å². The Morgan fingerprint density at radius 3 is 2.67 bits per heavy atom. The average Bonchev–Trinajstić information content (AvgIpc) is 2.74. The number of methoxy groups -OCH3 is 1. The van der Waals surface area contributed by atoms with Crippen molar-refractivity contribution in [1.29, 1.82) is 0 Å². The van der Waals surface area contributed by atoms with Crippen LogP contribution in [0.1, 0.15) is 48.7 Å². The topological polar surface area (TPSA) is 53.6 Å². The number of carbonyl (C=O) groups excluding carboxylic acids is 1. The predicted molar refractivity (Wildman–Crippen MR) is 128 cm³/mol. The number of rotatable bonds is 5. The second-order valence-electron chi connectivity index (χ2n) is 7.79. The molecule has 30 heavy (non-hydrogen) atoms. The SMILES string of the molecule is COC(=O)c1cc(NC(=S)NC(C)c2ccc(N3CCCC(C)C3)cc2)ccc1Cl. The van der Waals surface area contributed by atoms with Crippen molar-refractivity contribution >= 4 is 46.3 Å². The molecule has 0 aliphatic carbocycles. The molecule has 2 unspecified atom stereocenters. The number of carbonyl (C=O) groups is 1. The second-order valence-corrected chi connectivity index (χ2v) is 8.61. The zero-order valence-corrected chi connectivity index (χ0v) is 19.1. The maximum absolute atomic E-state index is 11.8. The van der Waals surface area contributed by atoms with Crippen LogP contribution >= 0.6 is 23.8 Å². The van der Waals surface area contributed by atoms with Gasteiger partial charge in [0.1, 0.15) is 0 Å². The normalized spacial score (nSPS) is 17.2. The molecule has 3 rings (SSSR count). The Morgan fingerprint density at radius 1 is 1.27 bits per heavy atom. The maximum atomic E-state index is 11.8. The van der Waals surface area contributed by atoms with Gasteiger partial charge in [0.2, 0.25) is 0 Å². The van der Waals surface area contributed by atoms with Crippen molar-refractivity contribution < 1.29 is 9.53 Å². The molecule has 0 spiro atoms. The summed E-state index contributed by atoms with van der Waals surface area (Å²) in [6.07, 6.45) is 2.57. The number of esters is 1. The summed E-state index contributed by atoms with van der Waals surface area (Å²) < 4.78 is 4.76. The lowest BCUT2D eigenvalue weighted by Crippen LogP contribution is -2.34. The van der Waals surface area contributed by atoms with Crippen LogP contribution in [-0.4, -0.2) is 31.3 Å². The summed E-state index contributed by atoms with van der Waals surface area (Å²) in [6.45, 7) is 6.62. The van der Waals surface area contributed by atoms with Crippen molar-refractivity contribution in [2.75, 3.05) is 30.4 Å². The number of thiocarbonyl (C=S) groups is 1. The van der Waals surface area contributed by atoms with Gasteiger partial charge in [-0.3, -0.25) is 0 Å². The molecule has 2 aromatic carbocycles. The zero-order valence-electron chi connectivity index (χ0n) is 17.6. The minimum absolute atomic E-state index is 0.0340. The number of anilines is 2. The lowest BCUT2D eigenvalue weighted by molar-refractivity contribution is 0.0601. The van der Waals surface area contributed by atoms with Crippen molar-refractivity contribution in [3.05, 3.63) is 58.6 Å².